The predicted octanol–water partition coefficient (Wildman–Crippen LogP) is 7.61. The van der Waals surface area contributed by atoms with Crippen LogP contribution in [-0.4, -0.2) is 6.85 Å². The molecule has 0 saturated heterocycles. The van der Waals surface area contributed by atoms with Crippen LogP contribution in [0.25, 0.3) is 22.3 Å². The van der Waals surface area contributed by atoms with Gasteiger partial charge in [0.2, 0.25) is 0 Å². The number of hydrogen-bond acceptors (Lipinski definition) is 2. The van der Waals surface area contributed by atoms with Crippen molar-refractivity contribution in [2.45, 2.75) is 27.7 Å². The lowest BCUT2D eigenvalue weighted by Gasteiger charge is -2.49. The standard InChI is InChI=1S/C34H27BN2/c1-20-15-16-29-27(19-20)26-11-8-14-31-33(26)35-32-25(24-9-5-6-12-28(24)37(29)35)10-7-13-30(32)36(31)34-22(3)17-21(2)18-23(34)4/h5-19H,1-4H3. The zero-order valence-corrected chi connectivity index (χ0v) is 21.6. The Kier molecular flexibility index (Phi) is 4.05. The number of hydrogen-bond donors (Lipinski definition) is 0. The smallest absolute Gasteiger partial charge is 0.333 e. The normalized spacial score (nSPS) is 13.8. The molecule has 0 atom stereocenters. The van der Waals surface area contributed by atoms with E-state index >= 15 is 0 Å². The van der Waals surface area contributed by atoms with Crippen LogP contribution in [-0.2, 0) is 0 Å². The van der Waals surface area contributed by atoms with Crippen molar-refractivity contribution in [3.8, 4) is 22.3 Å². The van der Waals surface area contributed by atoms with Gasteiger partial charge < -0.3 is 9.71 Å². The quantitative estimate of drug-likeness (QED) is 0.231. The third kappa shape index (κ3) is 2.61. The van der Waals surface area contributed by atoms with Crippen molar-refractivity contribution in [1.82, 2.24) is 0 Å². The highest BCUT2D eigenvalue weighted by molar-refractivity contribution is 6.95. The Morgan fingerprint density at radius 3 is 1.76 bits per heavy atom. The molecule has 0 unspecified atom stereocenters. The molecule has 3 aliphatic rings. The van der Waals surface area contributed by atoms with Crippen molar-refractivity contribution in [3.05, 3.63) is 113 Å². The molecule has 0 bridgehead atoms. The summed E-state index contributed by atoms with van der Waals surface area (Å²) in [5, 5.41) is 0. The molecule has 5 aromatic rings. The van der Waals surface area contributed by atoms with E-state index in [-0.39, 0.29) is 6.85 Å². The lowest BCUT2D eigenvalue weighted by Crippen LogP contribution is -2.63. The average molecular weight is 474 g/mol. The molecule has 0 N–H and O–H groups in total. The summed E-state index contributed by atoms with van der Waals surface area (Å²) in [7, 11) is 0. The van der Waals surface area contributed by atoms with Gasteiger partial charge in [0, 0.05) is 33.9 Å². The summed E-state index contributed by atoms with van der Waals surface area (Å²) in [6.45, 7) is 9.05. The van der Waals surface area contributed by atoms with Crippen molar-refractivity contribution in [2.75, 3.05) is 9.71 Å². The van der Waals surface area contributed by atoms with Crippen LogP contribution in [0.1, 0.15) is 22.3 Å². The molecule has 3 aliphatic heterocycles. The molecule has 0 radical (unpaired) electrons. The maximum absolute atomic E-state index is 2.61. The van der Waals surface area contributed by atoms with Gasteiger partial charge in [0.05, 0.1) is 5.69 Å². The third-order valence-electron chi connectivity index (χ3n) is 8.47. The van der Waals surface area contributed by atoms with E-state index in [2.05, 4.69) is 128 Å². The summed E-state index contributed by atoms with van der Waals surface area (Å²) in [6.07, 6.45) is 0. The van der Waals surface area contributed by atoms with Crippen molar-refractivity contribution in [2.24, 2.45) is 0 Å². The first-order valence-electron chi connectivity index (χ1n) is 13.2. The lowest BCUT2D eigenvalue weighted by atomic mass is 9.41. The van der Waals surface area contributed by atoms with Gasteiger partial charge in [0.1, 0.15) is 0 Å². The molecule has 0 aromatic heterocycles. The van der Waals surface area contributed by atoms with Gasteiger partial charge in [-0.25, -0.2) is 0 Å². The van der Waals surface area contributed by atoms with Crippen LogP contribution >= 0.6 is 0 Å². The van der Waals surface area contributed by atoms with Gasteiger partial charge in [-0.2, -0.15) is 0 Å². The number of rotatable bonds is 1. The molecule has 2 nitrogen and oxygen atoms in total. The van der Waals surface area contributed by atoms with Gasteiger partial charge in [-0.05, 0) is 91.2 Å². The van der Waals surface area contributed by atoms with E-state index in [0.29, 0.717) is 0 Å². The average Bonchev–Trinajstić information content (AvgIpc) is 2.89. The van der Waals surface area contributed by atoms with E-state index in [1.807, 2.05) is 0 Å². The largest absolute Gasteiger partial charge is 0.376 e. The van der Waals surface area contributed by atoms with Crippen LogP contribution in [0.4, 0.5) is 28.4 Å². The molecule has 3 heterocycles. The number of aryl methyl sites for hydroxylation is 4. The Morgan fingerprint density at radius 2 is 1.05 bits per heavy atom. The molecule has 0 amide bonds. The summed E-state index contributed by atoms with van der Waals surface area (Å²) in [6, 6.07) is 34.3. The maximum Gasteiger partial charge on any atom is 0.333 e. The van der Waals surface area contributed by atoms with Crippen LogP contribution in [0.5, 0.6) is 0 Å². The van der Waals surface area contributed by atoms with Gasteiger partial charge in [-0.15, -0.1) is 0 Å². The van der Waals surface area contributed by atoms with Gasteiger partial charge in [-0.1, -0.05) is 71.8 Å². The molecular weight excluding hydrogens is 447 g/mol. The Hall–Kier alpha value is -4.24. The molecule has 176 valence electrons. The molecule has 8 rings (SSSR count). The van der Waals surface area contributed by atoms with Crippen LogP contribution in [0, 0.1) is 27.7 Å². The number of para-hydroxylation sites is 1. The highest BCUT2D eigenvalue weighted by Gasteiger charge is 2.48. The molecule has 0 spiro atoms. The van der Waals surface area contributed by atoms with Crippen LogP contribution in [0.3, 0.4) is 0 Å². The van der Waals surface area contributed by atoms with E-state index in [0.717, 1.165) is 0 Å². The third-order valence-corrected chi connectivity index (χ3v) is 8.47. The van der Waals surface area contributed by atoms with E-state index in [1.165, 1.54) is 83.9 Å². The van der Waals surface area contributed by atoms with Gasteiger partial charge in [0.25, 0.3) is 0 Å². The fourth-order valence-corrected chi connectivity index (χ4v) is 7.23. The molecule has 0 fully saturated rings. The SMILES string of the molecule is Cc1cc(C)c(N2c3cccc4c3B3c5c(cccc52)-c2cc(C)ccc2N3c2ccccc2-4)c(C)c1. The summed E-state index contributed by atoms with van der Waals surface area (Å²) >= 11 is 0. The van der Waals surface area contributed by atoms with E-state index in [4.69, 9.17) is 0 Å². The first kappa shape index (κ1) is 20.9. The number of nitrogens with zero attached hydrogens (tertiary/aromatic N) is 2. The summed E-state index contributed by atoms with van der Waals surface area (Å²) in [5.41, 5.74) is 19.8. The van der Waals surface area contributed by atoms with E-state index in [1.54, 1.807) is 0 Å². The van der Waals surface area contributed by atoms with Gasteiger partial charge >= 0.3 is 6.85 Å². The molecule has 0 saturated carbocycles. The lowest BCUT2D eigenvalue weighted by molar-refractivity contribution is 1.20. The predicted molar refractivity (Wildman–Crippen MR) is 158 cm³/mol. The van der Waals surface area contributed by atoms with Crippen LogP contribution in [0.15, 0.2) is 91.0 Å². The van der Waals surface area contributed by atoms with Crippen LogP contribution in [0.2, 0.25) is 0 Å². The fourth-order valence-electron chi connectivity index (χ4n) is 7.23. The monoisotopic (exact) mass is 474 g/mol. The van der Waals surface area contributed by atoms with Crippen LogP contribution < -0.4 is 20.6 Å². The van der Waals surface area contributed by atoms with Gasteiger partial charge in [-0.3, -0.25) is 0 Å². The fraction of sp³-hybridized carbons (Fsp3) is 0.118. The van der Waals surface area contributed by atoms with E-state index < -0.39 is 0 Å². The topological polar surface area (TPSA) is 6.48 Å². The van der Waals surface area contributed by atoms with Crippen molar-refractivity contribution < 1.29 is 0 Å². The second-order valence-electron chi connectivity index (χ2n) is 10.9. The maximum atomic E-state index is 2.61. The van der Waals surface area contributed by atoms with Crippen molar-refractivity contribution in [1.29, 1.82) is 0 Å². The Morgan fingerprint density at radius 1 is 0.486 bits per heavy atom. The number of anilines is 5. The Labute approximate surface area is 218 Å². The van der Waals surface area contributed by atoms with Crippen molar-refractivity contribution in [3.63, 3.8) is 0 Å². The number of benzene rings is 5. The summed E-state index contributed by atoms with van der Waals surface area (Å²) in [5.74, 6) is 0. The summed E-state index contributed by atoms with van der Waals surface area (Å²) in [4.78, 5) is 5.15. The minimum absolute atomic E-state index is 0.143. The second-order valence-corrected chi connectivity index (χ2v) is 10.9. The number of fused-ring (bicyclic) bond motifs is 6. The van der Waals surface area contributed by atoms with Crippen molar-refractivity contribution >= 4 is 46.2 Å². The molecule has 5 aromatic carbocycles. The first-order valence-corrected chi connectivity index (χ1v) is 13.2. The molecule has 37 heavy (non-hydrogen) atoms. The highest BCUT2D eigenvalue weighted by Crippen LogP contribution is 2.51. The molecule has 3 heteroatoms. The minimum atomic E-state index is 0.143. The zero-order chi connectivity index (χ0) is 25.0. The highest BCUT2D eigenvalue weighted by atomic mass is 15.2. The Bertz CT molecular complexity index is 1780. The van der Waals surface area contributed by atoms with E-state index in [9.17, 15) is 0 Å². The molecular formula is C34H27BN2. The second kappa shape index (κ2) is 7.17. The van der Waals surface area contributed by atoms with Gasteiger partial charge in [0.15, 0.2) is 0 Å². The zero-order valence-electron chi connectivity index (χ0n) is 21.6. The first-order chi connectivity index (χ1) is 18.0. The summed E-state index contributed by atoms with van der Waals surface area (Å²) < 4.78 is 0. The minimum Gasteiger partial charge on any atom is -0.376 e. The Balaban J connectivity index is 1.57. The molecule has 0 aliphatic carbocycles.